The van der Waals surface area contributed by atoms with Gasteiger partial charge in [0.2, 0.25) is 5.91 Å². The van der Waals surface area contributed by atoms with Crippen molar-refractivity contribution in [1.82, 2.24) is 10.2 Å². The van der Waals surface area contributed by atoms with Crippen LogP contribution in [0.3, 0.4) is 0 Å². The van der Waals surface area contributed by atoms with Crippen LogP contribution in [0.25, 0.3) is 0 Å². The third-order valence-electron chi connectivity index (χ3n) is 4.18. The number of benzene rings is 1. The highest BCUT2D eigenvalue weighted by atomic mass is 16.3. The van der Waals surface area contributed by atoms with Crippen LogP contribution in [0.15, 0.2) is 30.3 Å². The average molecular weight is 290 g/mol. The van der Waals surface area contributed by atoms with Crippen LogP contribution >= 0.6 is 0 Å². The number of rotatable bonds is 6. The SMILES string of the molecule is CC1CCN(CC(=O)NCCCc2ccccc2)CC1O. The van der Waals surface area contributed by atoms with Crippen LogP contribution in [0.5, 0.6) is 0 Å². The van der Waals surface area contributed by atoms with Crippen LogP contribution < -0.4 is 5.32 Å². The van der Waals surface area contributed by atoms with Crippen molar-refractivity contribution in [2.75, 3.05) is 26.2 Å². The normalized spacial score (nSPS) is 23.0. The molecule has 0 aromatic heterocycles. The minimum atomic E-state index is -0.301. The first kappa shape index (κ1) is 16.0. The lowest BCUT2D eigenvalue weighted by Gasteiger charge is -2.33. The Bertz CT molecular complexity index is 436. The van der Waals surface area contributed by atoms with E-state index >= 15 is 0 Å². The zero-order chi connectivity index (χ0) is 15.1. The predicted molar refractivity (Wildman–Crippen MR) is 84.0 cm³/mol. The smallest absolute Gasteiger partial charge is 0.234 e. The number of aliphatic hydroxyl groups is 1. The van der Waals surface area contributed by atoms with E-state index in [0.717, 1.165) is 25.8 Å². The maximum absolute atomic E-state index is 11.9. The number of nitrogens with one attached hydrogen (secondary N) is 1. The molecule has 1 amide bonds. The molecule has 0 spiro atoms. The lowest BCUT2D eigenvalue weighted by molar-refractivity contribution is -0.123. The van der Waals surface area contributed by atoms with E-state index in [1.165, 1.54) is 5.56 Å². The first-order valence-corrected chi connectivity index (χ1v) is 7.86. The molecule has 0 saturated carbocycles. The van der Waals surface area contributed by atoms with E-state index in [9.17, 15) is 9.90 Å². The van der Waals surface area contributed by atoms with Crippen LogP contribution in [0.2, 0.25) is 0 Å². The lowest BCUT2D eigenvalue weighted by atomic mass is 9.96. The molecular formula is C17H26N2O2. The molecule has 4 heteroatoms. The van der Waals surface area contributed by atoms with Crippen molar-refractivity contribution < 1.29 is 9.90 Å². The summed E-state index contributed by atoms with van der Waals surface area (Å²) in [4.78, 5) is 13.9. The zero-order valence-corrected chi connectivity index (χ0v) is 12.8. The van der Waals surface area contributed by atoms with E-state index in [0.29, 0.717) is 25.6 Å². The summed E-state index contributed by atoms with van der Waals surface area (Å²) in [5.74, 6) is 0.403. The highest BCUT2D eigenvalue weighted by Gasteiger charge is 2.25. The number of hydrogen-bond donors (Lipinski definition) is 2. The van der Waals surface area contributed by atoms with E-state index in [1.54, 1.807) is 0 Å². The number of aliphatic hydroxyl groups excluding tert-OH is 1. The van der Waals surface area contributed by atoms with Crippen LogP contribution in [-0.2, 0) is 11.2 Å². The van der Waals surface area contributed by atoms with Crippen LogP contribution in [0, 0.1) is 5.92 Å². The summed E-state index contributed by atoms with van der Waals surface area (Å²) in [5.41, 5.74) is 1.31. The Kier molecular flexibility index (Phi) is 6.21. The molecule has 1 fully saturated rings. The van der Waals surface area contributed by atoms with Crippen molar-refractivity contribution in [2.24, 2.45) is 5.92 Å². The third kappa shape index (κ3) is 5.48. The maximum Gasteiger partial charge on any atom is 0.234 e. The van der Waals surface area contributed by atoms with Gasteiger partial charge in [-0.15, -0.1) is 0 Å². The van der Waals surface area contributed by atoms with Crippen LogP contribution in [0.4, 0.5) is 0 Å². The van der Waals surface area contributed by atoms with E-state index in [2.05, 4.69) is 24.4 Å². The molecule has 2 atom stereocenters. The van der Waals surface area contributed by atoms with Crippen LogP contribution in [0.1, 0.15) is 25.3 Å². The summed E-state index contributed by atoms with van der Waals surface area (Å²) in [7, 11) is 0. The molecule has 21 heavy (non-hydrogen) atoms. The maximum atomic E-state index is 11.9. The number of carbonyl (C=O) groups is 1. The number of hydrogen-bond acceptors (Lipinski definition) is 3. The molecule has 1 aliphatic rings. The van der Waals surface area contributed by atoms with E-state index in [1.807, 2.05) is 23.1 Å². The van der Waals surface area contributed by atoms with Gasteiger partial charge in [-0.25, -0.2) is 0 Å². The number of likely N-dealkylation sites (tertiary alicyclic amines) is 1. The van der Waals surface area contributed by atoms with Gasteiger partial charge in [0.15, 0.2) is 0 Å². The summed E-state index contributed by atoms with van der Waals surface area (Å²) in [6, 6.07) is 10.3. The van der Waals surface area contributed by atoms with E-state index in [4.69, 9.17) is 0 Å². The molecule has 1 heterocycles. The van der Waals surface area contributed by atoms with Crippen molar-refractivity contribution in [1.29, 1.82) is 0 Å². The second-order valence-corrected chi connectivity index (χ2v) is 6.01. The Hall–Kier alpha value is -1.39. The molecule has 1 aliphatic heterocycles. The summed E-state index contributed by atoms with van der Waals surface area (Å²) in [6.07, 6.45) is 2.60. The predicted octanol–water partition coefficient (Wildman–Crippen LogP) is 1.44. The van der Waals surface area contributed by atoms with Gasteiger partial charge in [0.05, 0.1) is 12.6 Å². The Morgan fingerprint density at radius 2 is 2.14 bits per heavy atom. The van der Waals surface area contributed by atoms with Gasteiger partial charge in [-0.2, -0.15) is 0 Å². The van der Waals surface area contributed by atoms with Crippen molar-refractivity contribution in [2.45, 2.75) is 32.3 Å². The number of nitrogens with zero attached hydrogens (tertiary/aromatic N) is 1. The fraction of sp³-hybridized carbons (Fsp3) is 0.588. The van der Waals surface area contributed by atoms with Crippen molar-refractivity contribution >= 4 is 5.91 Å². The summed E-state index contributed by atoms with van der Waals surface area (Å²) >= 11 is 0. The van der Waals surface area contributed by atoms with Crippen LogP contribution in [-0.4, -0.2) is 48.2 Å². The molecule has 1 aromatic carbocycles. The summed E-state index contributed by atoms with van der Waals surface area (Å²) in [5, 5.41) is 12.8. The lowest BCUT2D eigenvalue weighted by Crippen LogP contribution is -2.47. The van der Waals surface area contributed by atoms with Gasteiger partial charge in [0, 0.05) is 13.1 Å². The molecule has 1 saturated heterocycles. The fourth-order valence-electron chi connectivity index (χ4n) is 2.68. The largest absolute Gasteiger partial charge is 0.392 e. The first-order chi connectivity index (χ1) is 10.1. The second-order valence-electron chi connectivity index (χ2n) is 6.01. The third-order valence-corrected chi connectivity index (χ3v) is 4.18. The molecule has 2 N–H and O–H groups in total. The van der Waals surface area contributed by atoms with Gasteiger partial charge >= 0.3 is 0 Å². The van der Waals surface area contributed by atoms with Gasteiger partial charge in [0.25, 0.3) is 0 Å². The standard InChI is InChI=1S/C17H26N2O2/c1-14-9-11-19(12-16(14)20)13-17(21)18-10-5-8-15-6-3-2-4-7-15/h2-4,6-7,14,16,20H,5,8-13H2,1H3,(H,18,21). The zero-order valence-electron chi connectivity index (χ0n) is 12.8. The fourth-order valence-corrected chi connectivity index (χ4v) is 2.68. The molecule has 0 aliphatic carbocycles. The Labute approximate surface area is 127 Å². The molecule has 2 rings (SSSR count). The molecule has 2 unspecified atom stereocenters. The number of aryl methyl sites for hydroxylation is 1. The quantitative estimate of drug-likeness (QED) is 0.780. The van der Waals surface area contributed by atoms with E-state index in [-0.39, 0.29) is 12.0 Å². The number of amides is 1. The molecule has 0 bridgehead atoms. The molecule has 4 nitrogen and oxygen atoms in total. The topological polar surface area (TPSA) is 52.6 Å². The number of piperidine rings is 1. The highest BCUT2D eigenvalue weighted by molar-refractivity contribution is 5.77. The van der Waals surface area contributed by atoms with Gasteiger partial charge in [0.1, 0.15) is 0 Å². The van der Waals surface area contributed by atoms with Crippen molar-refractivity contribution in [3.05, 3.63) is 35.9 Å². The number of β-amino-alcohol motifs (C(OH)–C–C–N with tert-alkyl or cyclic N) is 1. The highest BCUT2D eigenvalue weighted by Crippen LogP contribution is 2.16. The van der Waals surface area contributed by atoms with Gasteiger partial charge in [-0.1, -0.05) is 37.3 Å². The summed E-state index contributed by atoms with van der Waals surface area (Å²) < 4.78 is 0. The molecule has 0 radical (unpaired) electrons. The second kappa shape index (κ2) is 8.15. The molecule has 116 valence electrons. The van der Waals surface area contributed by atoms with Gasteiger partial charge in [-0.05, 0) is 37.3 Å². The molecule has 1 aromatic rings. The van der Waals surface area contributed by atoms with Gasteiger partial charge < -0.3 is 10.4 Å². The Morgan fingerprint density at radius 1 is 1.38 bits per heavy atom. The molecular weight excluding hydrogens is 264 g/mol. The summed E-state index contributed by atoms with van der Waals surface area (Å²) in [6.45, 7) is 4.68. The minimum absolute atomic E-state index is 0.0600. The first-order valence-electron chi connectivity index (χ1n) is 7.86. The van der Waals surface area contributed by atoms with Gasteiger partial charge in [-0.3, -0.25) is 9.69 Å². The monoisotopic (exact) mass is 290 g/mol. The minimum Gasteiger partial charge on any atom is -0.392 e. The van der Waals surface area contributed by atoms with E-state index < -0.39 is 0 Å². The average Bonchev–Trinajstić information content (AvgIpc) is 2.49. The number of carbonyl (C=O) groups excluding carboxylic acids is 1. The Balaban J connectivity index is 1.59. The van der Waals surface area contributed by atoms with Crippen molar-refractivity contribution in [3.8, 4) is 0 Å². The van der Waals surface area contributed by atoms with Crippen molar-refractivity contribution in [3.63, 3.8) is 0 Å². The Morgan fingerprint density at radius 3 is 2.86 bits per heavy atom.